The number of aliphatic carboxylic acids is 1. The van der Waals surface area contributed by atoms with Gasteiger partial charge in [0.05, 0.1) is 33.7 Å². The number of anilines is 1. The number of carbonyl (C=O) groups excluding carboxylic acids is 1. The molecule has 1 aromatic heterocycles. The van der Waals surface area contributed by atoms with Crippen LogP contribution in [0, 0.1) is 5.82 Å². The number of aromatic hydroxyl groups is 1. The number of rotatable bonds is 7. The third-order valence-corrected chi connectivity index (χ3v) is 6.29. The maximum atomic E-state index is 15.8. The number of ether oxygens (including phenoxy) is 1. The summed E-state index contributed by atoms with van der Waals surface area (Å²) in [5, 5.41) is 20.5. The highest BCUT2D eigenvalue weighted by molar-refractivity contribution is 7.99. The first-order valence-corrected chi connectivity index (χ1v) is 10.7. The molecule has 0 amide bonds. The predicted octanol–water partition coefficient (Wildman–Crippen LogP) is 2.73. The Balaban J connectivity index is 2.01. The summed E-state index contributed by atoms with van der Waals surface area (Å²) in [6.45, 7) is 2.05. The lowest BCUT2D eigenvalue weighted by molar-refractivity contribution is -0.132. The molecule has 2 aliphatic rings. The molecule has 4 rings (SSSR count). The van der Waals surface area contributed by atoms with Crippen molar-refractivity contribution >= 4 is 40.3 Å². The minimum atomic E-state index is -1.09. The van der Waals surface area contributed by atoms with E-state index in [4.69, 9.17) is 10.5 Å². The van der Waals surface area contributed by atoms with Gasteiger partial charge in [-0.1, -0.05) is 0 Å². The number of thioether (sulfide) groups is 1. The Morgan fingerprint density at radius 1 is 1.43 bits per heavy atom. The number of hydrogen-bond donors (Lipinski definition) is 4. The third-order valence-electron chi connectivity index (χ3n) is 5.17. The van der Waals surface area contributed by atoms with Crippen LogP contribution in [-0.4, -0.2) is 52.1 Å². The van der Waals surface area contributed by atoms with Gasteiger partial charge in [0, 0.05) is 36.5 Å². The third kappa shape index (κ3) is 3.29. The van der Waals surface area contributed by atoms with E-state index in [0.29, 0.717) is 23.4 Å². The molecular weight excluding hydrogens is 413 g/mol. The molecule has 5 N–H and O–H groups in total. The predicted molar refractivity (Wildman–Crippen MR) is 111 cm³/mol. The Kier molecular flexibility index (Phi) is 5.37. The monoisotopic (exact) mass is 435 g/mol. The van der Waals surface area contributed by atoms with Crippen LogP contribution in [-0.2, 0) is 16.0 Å². The molecule has 10 heteroatoms. The molecule has 1 aliphatic carbocycles. The molecule has 0 bridgehead atoms. The van der Waals surface area contributed by atoms with Gasteiger partial charge in [-0.3, -0.25) is 0 Å². The van der Waals surface area contributed by atoms with Crippen molar-refractivity contribution in [2.45, 2.75) is 37.1 Å². The summed E-state index contributed by atoms with van der Waals surface area (Å²) < 4.78 is 20.8. The highest BCUT2D eigenvalue weighted by Crippen LogP contribution is 2.49. The van der Waals surface area contributed by atoms with Gasteiger partial charge in [0.1, 0.15) is 0 Å². The molecule has 0 radical (unpaired) electrons. The van der Waals surface area contributed by atoms with Gasteiger partial charge in [-0.25, -0.2) is 14.0 Å². The van der Waals surface area contributed by atoms with Gasteiger partial charge in [-0.15, -0.1) is 11.8 Å². The van der Waals surface area contributed by atoms with Gasteiger partial charge in [0.25, 0.3) is 0 Å². The maximum Gasteiger partial charge on any atom is 0.358 e. The van der Waals surface area contributed by atoms with Crippen LogP contribution >= 0.6 is 11.8 Å². The first-order chi connectivity index (χ1) is 14.4. The molecule has 1 fully saturated rings. The van der Waals surface area contributed by atoms with Crippen LogP contribution in [0.25, 0.3) is 10.9 Å². The van der Waals surface area contributed by atoms with E-state index in [-0.39, 0.29) is 46.3 Å². The number of nitrogens with zero attached hydrogens (tertiary/aromatic N) is 1. The molecule has 30 heavy (non-hydrogen) atoms. The van der Waals surface area contributed by atoms with Crippen molar-refractivity contribution in [2.75, 3.05) is 23.8 Å². The number of benzene rings is 1. The Labute approximate surface area is 175 Å². The quantitative estimate of drug-likeness (QED) is 0.386. The number of nitrogens with two attached hydrogens (primary N) is 1. The highest BCUT2D eigenvalue weighted by atomic mass is 32.2. The van der Waals surface area contributed by atoms with Crippen LogP contribution in [0.4, 0.5) is 10.1 Å². The average Bonchev–Trinajstić information content (AvgIpc) is 3.50. The molecule has 0 atom stereocenters. The van der Waals surface area contributed by atoms with Crippen LogP contribution < -0.4 is 10.6 Å². The van der Waals surface area contributed by atoms with Gasteiger partial charge in [-0.05, 0) is 19.8 Å². The summed E-state index contributed by atoms with van der Waals surface area (Å²) >= 11 is 1.15. The average molecular weight is 435 g/mol. The van der Waals surface area contributed by atoms with Gasteiger partial charge < -0.3 is 30.6 Å². The normalized spacial score (nSPS) is 15.8. The second-order valence-electron chi connectivity index (χ2n) is 7.20. The second kappa shape index (κ2) is 7.84. The SMILES string of the molecule is CCOC(=O)c1[nH]c2c3c(c(F)c(SCCN)c2c1O)N(C1CC1)C=C(C(=O)O)C3. The smallest absolute Gasteiger partial charge is 0.358 e. The van der Waals surface area contributed by atoms with Gasteiger partial charge in [-0.2, -0.15) is 0 Å². The van der Waals surface area contributed by atoms with E-state index >= 15 is 4.39 Å². The van der Waals surface area contributed by atoms with Crippen LogP contribution in [0.5, 0.6) is 5.75 Å². The molecule has 8 nitrogen and oxygen atoms in total. The maximum absolute atomic E-state index is 15.8. The first-order valence-electron chi connectivity index (χ1n) is 9.70. The van der Waals surface area contributed by atoms with Crippen LogP contribution in [0.2, 0.25) is 0 Å². The minimum absolute atomic E-state index is 0.0193. The van der Waals surface area contributed by atoms with Gasteiger partial charge >= 0.3 is 11.9 Å². The molecular formula is C20H22FN3O5S. The van der Waals surface area contributed by atoms with E-state index in [0.717, 1.165) is 24.6 Å². The van der Waals surface area contributed by atoms with Crippen molar-refractivity contribution in [3.05, 3.63) is 28.8 Å². The molecule has 1 saturated carbocycles. The van der Waals surface area contributed by atoms with Crippen molar-refractivity contribution in [2.24, 2.45) is 5.73 Å². The van der Waals surface area contributed by atoms with Crippen LogP contribution in [0.1, 0.15) is 35.8 Å². The van der Waals surface area contributed by atoms with E-state index in [9.17, 15) is 19.8 Å². The second-order valence-corrected chi connectivity index (χ2v) is 8.31. The van der Waals surface area contributed by atoms with E-state index in [1.54, 1.807) is 11.8 Å². The number of carbonyl (C=O) groups is 2. The van der Waals surface area contributed by atoms with Crippen molar-refractivity contribution in [3.63, 3.8) is 0 Å². The lowest BCUT2D eigenvalue weighted by atomic mass is 9.96. The van der Waals surface area contributed by atoms with Gasteiger partial charge in [0.15, 0.2) is 17.3 Å². The number of halogens is 1. The van der Waals surface area contributed by atoms with Crippen molar-refractivity contribution < 1.29 is 28.9 Å². The van der Waals surface area contributed by atoms with E-state index in [1.165, 1.54) is 6.20 Å². The number of carboxylic acid groups (broad SMARTS) is 1. The minimum Gasteiger partial charge on any atom is -0.505 e. The summed E-state index contributed by atoms with van der Waals surface area (Å²) in [5.41, 5.74) is 6.56. The highest BCUT2D eigenvalue weighted by Gasteiger charge is 2.38. The Hall–Kier alpha value is -2.72. The first kappa shape index (κ1) is 20.5. The van der Waals surface area contributed by atoms with Crippen LogP contribution in [0.3, 0.4) is 0 Å². The standard InChI is InChI=1S/C20H22FN3O5S/c1-2-29-20(28)15-17(25)12-14(23-15)11-7-9(19(26)27)8-24(10-3-4-10)16(11)13(21)18(12)30-6-5-22/h8,10,23,25H,2-7,22H2,1H3,(H,26,27). The molecule has 160 valence electrons. The van der Waals surface area contributed by atoms with Crippen LogP contribution in [0.15, 0.2) is 16.7 Å². The van der Waals surface area contributed by atoms with Crippen molar-refractivity contribution in [1.29, 1.82) is 0 Å². The zero-order valence-electron chi connectivity index (χ0n) is 16.3. The fraction of sp³-hybridized carbons (Fsp3) is 0.400. The van der Waals surface area contributed by atoms with Gasteiger partial charge in [0.2, 0.25) is 0 Å². The number of nitrogens with one attached hydrogen (secondary N) is 1. The molecule has 0 saturated heterocycles. The summed E-state index contributed by atoms with van der Waals surface area (Å²) in [6.07, 6.45) is 3.11. The molecule has 0 unspecified atom stereocenters. The number of esters is 1. The zero-order valence-corrected chi connectivity index (χ0v) is 17.1. The van der Waals surface area contributed by atoms with E-state index in [1.807, 2.05) is 0 Å². The van der Waals surface area contributed by atoms with Crippen molar-refractivity contribution in [3.8, 4) is 5.75 Å². The fourth-order valence-corrected chi connectivity index (χ4v) is 4.62. The summed E-state index contributed by atoms with van der Waals surface area (Å²) in [6, 6.07) is 0.0193. The largest absolute Gasteiger partial charge is 0.505 e. The molecule has 1 aliphatic heterocycles. The topological polar surface area (TPSA) is 129 Å². The number of fused-ring (bicyclic) bond motifs is 3. The molecule has 2 heterocycles. The number of aromatic nitrogens is 1. The van der Waals surface area contributed by atoms with E-state index in [2.05, 4.69) is 4.98 Å². The fourth-order valence-electron chi connectivity index (χ4n) is 3.73. The van der Waals surface area contributed by atoms with Crippen molar-refractivity contribution in [1.82, 2.24) is 4.98 Å². The Bertz CT molecular complexity index is 1080. The lowest BCUT2D eigenvalue weighted by Crippen LogP contribution is -2.28. The number of carboxylic acids is 1. The Morgan fingerprint density at radius 3 is 2.77 bits per heavy atom. The zero-order chi connectivity index (χ0) is 21.6. The summed E-state index contributed by atoms with van der Waals surface area (Å²) in [4.78, 5) is 28.8. The lowest BCUT2D eigenvalue weighted by Gasteiger charge is -2.30. The van der Waals surface area contributed by atoms with E-state index < -0.39 is 23.5 Å². The molecule has 2 aromatic rings. The summed E-state index contributed by atoms with van der Waals surface area (Å²) in [7, 11) is 0. The molecule has 0 spiro atoms. The number of aromatic amines is 1. The number of hydrogen-bond acceptors (Lipinski definition) is 7. The summed E-state index contributed by atoms with van der Waals surface area (Å²) in [5.74, 6) is -2.41. The Morgan fingerprint density at radius 2 is 2.17 bits per heavy atom. The number of H-pyrrole nitrogens is 1. The molecule has 1 aromatic carbocycles.